The van der Waals surface area contributed by atoms with Crippen molar-refractivity contribution in [3.8, 4) is 5.75 Å². The average Bonchev–Trinajstić information content (AvgIpc) is 2.55. The van der Waals surface area contributed by atoms with Crippen molar-refractivity contribution < 1.29 is 28.9 Å². The van der Waals surface area contributed by atoms with Gasteiger partial charge in [-0.2, -0.15) is 0 Å². The fraction of sp³-hybridized carbons (Fsp3) is 0.188. The van der Waals surface area contributed by atoms with Gasteiger partial charge in [0.05, 0.1) is 25.0 Å². The van der Waals surface area contributed by atoms with E-state index in [9.17, 15) is 22.8 Å². The highest BCUT2D eigenvalue weighted by atomic mass is 19.1. The molecule has 1 aliphatic rings. The van der Waals surface area contributed by atoms with Gasteiger partial charge in [-0.3, -0.25) is 14.7 Å². The summed E-state index contributed by atoms with van der Waals surface area (Å²) >= 11 is 0. The van der Waals surface area contributed by atoms with Crippen LogP contribution in [0.25, 0.3) is 0 Å². The molecule has 2 amide bonds. The van der Waals surface area contributed by atoms with Gasteiger partial charge in [0.1, 0.15) is 29.7 Å². The molecule has 0 radical (unpaired) electrons. The SMILES string of the molecule is O=C(CN1Cc2cc(F)ccc2OC1=O)NCc1ncc(F)cc1F.[HH]. The van der Waals surface area contributed by atoms with E-state index >= 15 is 0 Å². The Balaban J connectivity index is 0.00000243. The van der Waals surface area contributed by atoms with Crippen molar-refractivity contribution in [1.29, 1.82) is 0 Å². The van der Waals surface area contributed by atoms with E-state index in [1.165, 1.54) is 18.2 Å². The third-order valence-electron chi connectivity index (χ3n) is 3.51. The van der Waals surface area contributed by atoms with Crippen LogP contribution in [0.4, 0.5) is 18.0 Å². The number of fused-ring (bicyclic) bond motifs is 1. The second-order valence-corrected chi connectivity index (χ2v) is 5.33. The fourth-order valence-corrected chi connectivity index (χ4v) is 2.30. The van der Waals surface area contributed by atoms with Crippen LogP contribution in [0, 0.1) is 17.5 Å². The smallest absolute Gasteiger partial charge is 0.410 e. The lowest BCUT2D eigenvalue weighted by Gasteiger charge is -2.27. The minimum atomic E-state index is -0.887. The van der Waals surface area contributed by atoms with Crippen LogP contribution in [0.3, 0.4) is 0 Å². The molecular weight excluding hydrogens is 339 g/mol. The number of nitrogens with one attached hydrogen (secondary N) is 1. The van der Waals surface area contributed by atoms with Gasteiger partial charge >= 0.3 is 6.09 Å². The average molecular weight is 353 g/mol. The summed E-state index contributed by atoms with van der Waals surface area (Å²) in [7, 11) is 0. The van der Waals surface area contributed by atoms with Crippen LogP contribution in [0.15, 0.2) is 30.5 Å². The molecule has 1 N–H and O–H groups in total. The van der Waals surface area contributed by atoms with Gasteiger partial charge in [0.15, 0.2) is 0 Å². The Labute approximate surface area is 141 Å². The molecule has 6 nitrogen and oxygen atoms in total. The quantitative estimate of drug-likeness (QED) is 0.916. The van der Waals surface area contributed by atoms with Gasteiger partial charge in [-0.05, 0) is 18.2 Å². The summed E-state index contributed by atoms with van der Waals surface area (Å²) in [6.45, 7) is -0.626. The highest BCUT2D eigenvalue weighted by molar-refractivity contribution is 5.83. The van der Waals surface area contributed by atoms with E-state index in [1.807, 2.05) is 0 Å². The number of amides is 2. The Kier molecular flexibility index (Phi) is 4.55. The third-order valence-corrected chi connectivity index (χ3v) is 3.51. The molecule has 0 bridgehead atoms. The molecule has 1 aliphatic heterocycles. The normalized spacial score (nSPS) is 13.2. The second-order valence-electron chi connectivity index (χ2n) is 5.33. The molecule has 2 heterocycles. The molecular formula is C16H14F3N3O3. The minimum Gasteiger partial charge on any atom is -0.410 e. The lowest BCUT2D eigenvalue weighted by atomic mass is 10.1. The van der Waals surface area contributed by atoms with Crippen LogP contribution >= 0.6 is 0 Å². The van der Waals surface area contributed by atoms with Crippen LogP contribution in [-0.2, 0) is 17.9 Å². The summed E-state index contributed by atoms with van der Waals surface area (Å²) in [6, 6.07) is 4.37. The molecule has 0 saturated carbocycles. The monoisotopic (exact) mass is 353 g/mol. The summed E-state index contributed by atoms with van der Waals surface area (Å²) in [5.74, 6) is -2.56. The van der Waals surface area contributed by atoms with E-state index in [-0.39, 0.29) is 32.5 Å². The van der Waals surface area contributed by atoms with Crippen LogP contribution in [0.1, 0.15) is 12.7 Å². The van der Waals surface area contributed by atoms with Crippen molar-refractivity contribution in [3.05, 3.63) is 59.2 Å². The molecule has 0 aliphatic carbocycles. The standard InChI is InChI=1S/C16H12F3N3O3.H2/c17-10-1-2-14-9(3-10)7-22(16(24)25-14)8-15(23)21-6-13-12(19)4-11(18)5-20-13;/h1-5H,6-8H2,(H,21,23);1H. The Morgan fingerprint density at radius 2 is 2.08 bits per heavy atom. The molecule has 0 atom stereocenters. The predicted molar refractivity (Wildman–Crippen MR) is 80.9 cm³/mol. The molecule has 1 aromatic heterocycles. The van der Waals surface area contributed by atoms with Gasteiger partial charge in [0.25, 0.3) is 0 Å². The zero-order valence-electron chi connectivity index (χ0n) is 12.8. The number of hydrogen-bond donors (Lipinski definition) is 1. The van der Waals surface area contributed by atoms with Gasteiger partial charge in [0, 0.05) is 13.1 Å². The first-order valence-electron chi connectivity index (χ1n) is 7.24. The summed E-state index contributed by atoms with van der Waals surface area (Å²) in [4.78, 5) is 28.4. The first-order valence-corrected chi connectivity index (χ1v) is 7.24. The number of rotatable bonds is 4. The molecule has 2 aromatic rings. The van der Waals surface area contributed by atoms with Gasteiger partial charge in [0.2, 0.25) is 5.91 Å². The van der Waals surface area contributed by atoms with E-state index in [2.05, 4.69) is 10.3 Å². The van der Waals surface area contributed by atoms with Crippen molar-refractivity contribution in [1.82, 2.24) is 15.2 Å². The number of carbonyl (C=O) groups is 2. The van der Waals surface area contributed by atoms with Crippen LogP contribution in [0.2, 0.25) is 0 Å². The van der Waals surface area contributed by atoms with E-state index in [4.69, 9.17) is 4.74 Å². The molecule has 25 heavy (non-hydrogen) atoms. The number of benzene rings is 1. The third kappa shape index (κ3) is 3.87. The van der Waals surface area contributed by atoms with Gasteiger partial charge < -0.3 is 10.1 Å². The first kappa shape index (κ1) is 16.7. The molecule has 0 spiro atoms. The molecule has 0 unspecified atom stereocenters. The predicted octanol–water partition coefficient (Wildman–Crippen LogP) is 2.38. The zero-order chi connectivity index (χ0) is 18.0. The molecule has 1 aromatic carbocycles. The first-order chi connectivity index (χ1) is 11.9. The molecule has 9 heteroatoms. The number of halogens is 3. The van der Waals surface area contributed by atoms with Crippen LogP contribution in [0.5, 0.6) is 5.75 Å². The Morgan fingerprint density at radius 3 is 2.84 bits per heavy atom. The van der Waals surface area contributed by atoms with Crippen LogP contribution in [-0.4, -0.2) is 28.4 Å². The van der Waals surface area contributed by atoms with Crippen molar-refractivity contribution in [2.24, 2.45) is 0 Å². The molecule has 0 fully saturated rings. The number of nitrogens with zero attached hydrogens (tertiary/aromatic N) is 2. The number of aromatic nitrogens is 1. The maximum absolute atomic E-state index is 13.5. The summed E-state index contributed by atoms with van der Waals surface area (Å²) in [5.41, 5.74) is 0.294. The molecule has 132 valence electrons. The maximum Gasteiger partial charge on any atom is 0.416 e. The van der Waals surface area contributed by atoms with Crippen LogP contribution < -0.4 is 10.1 Å². The maximum atomic E-state index is 13.5. The van der Waals surface area contributed by atoms with Crippen molar-refractivity contribution in [2.45, 2.75) is 13.1 Å². The van der Waals surface area contributed by atoms with Gasteiger partial charge in [-0.25, -0.2) is 18.0 Å². The Hall–Kier alpha value is -3.10. The van der Waals surface area contributed by atoms with Crippen molar-refractivity contribution in [3.63, 3.8) is 0 Å². The van der Waals surface area contributed by atoms with Gasteiger partial charge in [-0.15, -0.1) is 0 Å². The zero-order valence-corrected chi connectivity index (χ0v) is 12.8. The lowest BCUT2D eigenvalue weighted by Crippen LogP contribution is -2.43. The highest BCUT2D eigenvalue weighted by Gasteiger charge is 2.27. The minimum absolute atomic E-state index is 0. The molecule has 3 rings (SSSR count). The van der Waals surface area contributed by atoms with E-state index < -0.39 is 29.5 Å². The fourth-order valence-electron chi connectivity index (χ4n) is 2.30. The number of ether oxygens (including phenoxy) is 1. The number of carbonyl (C=O) groups excluding carboxylic acids is 2. The number of hydrogen-bond acceptors (Lipinski definition) is 4. The van der Waals surface area contributed by atoms with E-state index in [1.54, 1.807) is 0 Å². The van der Waals surface area contributed by atoms with Gasteiger partial charge in [-0.1, -0.05) is 0 Å². The highest BCUT2D eigenvalue weighted by Crippen LogP contribution is 2.26. The molecule has 0 saturated heterocycles. The van der Waals surface area contributed by atoms with E-state index in [0.29, 0.717) is 11.6 Å². The Bertz CT molecular complexity index is 851. The lowest BCUT2D eigenvalue weighted by molar-refractivity contribution is -0.122. The number of pyridine rings is 1. The topological polar surface area (TPSA) is 71.5 Å². The van der Waals surface area contributed by atoms with E-state index in [0.717, 1.165) is 11.1 Å². The second kappa shape index (κ2) is 6.80. The largest absolute Gasteiger partial charge is 0.416 e. The summed E-state index contributed by atoms with van der Waals surface area (Å²) < 4.78 is 44.5. The Morgan fingerprint density at radius 1 is 1.28 bits per heavy atom. The van der Waals surface area contributed by atoms with Crippen molar-refractivity contribution in [2.75, 3.05) is 6.54 Å². The van der Waals surface area contributed by atoms with Crippen molar-refractivity contribution >= 4 is 12.0 Å². The summed E-state index contributed by atoms with van der Waals surface area (Å²) in [6.07, 6.45) is 0.0817. The summed E-state index contributed by atoms with van der Waals surface area (Å²) in [5, 5.41) is 2.38.